The third kappa shape index (κ3) is 7.19. The lowest BCUT2D eigenvalue weighted by Crippen LogP contribution is -2.50. The molecule has 1 saturated carbocycles. The first kappa shape index (κ1) is 28.9. The Hall–Kier alpha value is -3.60. The minimum atomic E-state index is -0.591. The lowest BCUT2D eigenvalue weighted by atomic mass is 9.91. The number of non-ortho nitro benzene ring substituents is 1. The van der Waals surface area contributed by atoms with E-state index in [0.717, 1.165) is 36.8 Å². The molecule has 1 aliphatic heterocycles. The van der Waals surface area contributed by atoms with E-state index in [1.165, 1.54) is 17.0 Å². The molecule has 1 aromatic heterocycles. The number of hydrogen-bond donors (Lipinski definition) is 2. The van der Waals surface area contributed by atoms with Crippen molar-refractivity contribution in [2.24, 2.45) is 5.73 Å². The van der Waals surface area contributed by atoms with Gasteiger partial charge in [0.2, 0.25) is 5.91 Å². The smallest absolute Gasteiger partial charge is 0.269 e. The quantitative estimate of drug-likeness (QED) is 0.283. The van der Waals surface area contributed by atoms with Crippen LogP contribution in [0.15, 0.2) is 66.0 Å². The fourth-order valence-corrected chi connectivity index (χ4v) is 6.58. The Morgan fingerprint density at radius 1 is 1.05 bits per heavy atom. The first-order valence-electron chi connectivity index (χ1n) is 14.2. The number of benzene rings is 2. The molecule has 9 nitrogen and oxygen atoms in total. The van der Waals surface area contributed by atoms with Gasteiger partial charge in [0.05, 0.1) is 4.92 Å². The van der Waals surface area contributed by atoms with Crippen LogP contribution in [-0.4, -0.2) is 57.2 Å². The van der Waals surface area contributed by atoms with Crippen LogP contribution < -0.4 is 11.1 Å². The number of rotatable bonds is 9. The molecule has 0 spiro atoms. The molecule has 3 N–H and O–H groups in total. The summed E-state index contributed by atoms with van der Waals surface area (Å²) in [5.41, 5.74) is 8.70. The van der Waals surface area contributed by atoms with Gasteiger partial charge in [-0.3, -0.25) is 24.6 Å². The highest BCUT2D eigenvalue weighted by atomic mass is 32.1. The predicted molar refractivity (Wildman–Crippen MR) is 159 cm³/mol. The number of thiophene rings is 1. The maximum Gasteiger partial charge on any atom is 0.269 e. The Labute approximate surface area is 244 Å². The zero-order valence-corrected chi connectivity index (χ0v) is 24.1. The van der Waals surface area contributed by atoms with Crippen molar-refractivity contribution in [3.63, 3.8) is 0 Å². The van der Waals surface area contributed by atoms with Crippen molar-refractivity contribution < 1.29 is 14.5 Å². The highest BCUT2D eigenvalue weighted by Gasteiger charge is 2.42. The average Bonchev–Trinajstić information content (AvgIpc) is 3.65. The number of hydrogen-bond acceptors (Lipinski definition) is 7. The molecule has 1 aliphatic carbocycles. The van der Waals surface area contributed by atoms with Gasteiger partial charge in [0.1, 0.15) is 6.04 Å². The molecular weight excluding hydrogens is 538 g/mol. The Balaban J connectivity index is 1.39. The van der Waals surface area contributed by atoms with Crippen molar-refractivity contribution in [2.45, 2.75) is 76.3 Å². The number of aryl methyl sites for hydroxylation is 1. The van der Waals surface area contributed by atoms with Gasteiger partial charge < -0.3 is 16.0 Å². The summed E-state index contributed by atoms with van der Waals surface area (Å²) in [5, 5.41) is 16.4. The van der Waals surface area contributed by atoms with Gasteiger partial charge in [-0.2, -0.15) is 0 Å². The second-order valence-corrected chi connectivity index (χ2v) is 12.3. The van der Waals surface area contributed by atoms with E-state index in [9.17, 15) is 19.7 Å². The maximum absolute atomic E-state index is 13.8. The van der Waals surface area contributed by atoms with Crippen molar-refractivity contribution in [2.75, 3.05) is 6.54 Å². The van der Waals surface area contributed by atoms with Crippen LogP contribution in [0, 0.1) is 17.0 Å². The van der Waals surface area contributed by atoms with E-state index in [0.29, 0.717) is 31.6 Å². The first-order valence-corrected chi connectivity index (χ1v) is 15.1. The molecule has 0 radical (unpaired) electrons. The van der Waals surface area contributed by atoms with Gasteiger partial charge in [0.15, 0.2) is 0 Å². The number of nitrogens with one attached hydrogen (secondary N) is 1. The van der Waals surface area contributed by atoms with Crippen LogP contribution in [0.2, 0.25) is 0 Å². The zero-order valence-electron chi connectivity index (χ0n) is 23.3. The summed E-state index contributed by atoms with van der Waals surface area (Å²) < 4.78 is 0. The molecule has 2 heterocycles. The van der Waals surface area contributed by atoms with Crippen LogP contribution in [0.3, 0.4) is 0 Å². The average molecular weight is 576 g/mol. The van der Waals surface area contributed by atoms with Gasteiger partial charge in [0.25, 0.3) is 11.6 Å². The summed E-state index contributed by atoms with van der Waals surface area (Å²) in [7, 11) is 0. The zero-order chi connectivity index (χ0) is 28.9. The molecule has 2 fully saturated rings. The Morgan fingerprint density at radius 2 is 1.76 bits per heavy atom. The fourth-order valence-electron chi connectivity index (χ4n) is 5.85. The highest BCUT2D eigenvalue weighted by molar-refractivity contribution is 7.09. The molecular formula is C31H37N5O4S. The maximum atomic E-state index is 13.8. The standard InChI is InChI=1S/C31H37N5O4S/c1-21-4-8-23(9-5-21)31(38)35-19-27(17-29(35)30(37)33-25-12-10-24(32)11-13-25)34(20-28-3-2-16-41-28)18-22-6-14-26(15-7-22)36(39)40/h2-9,14-16,24-25,27,29H,10-13,17-20,32H2,1H3,(H,33,37). The van der Waals surface area contributed by atoms with Crippen LogP contribution in [0.25, 0.3) is 0 Å². The minimum Gasteiger partial charge on any atom is -0.352 e. The van der Waals surface area contributed by atoms with E-state index in [1.54, 1.807) is 28.4 Å². The summed E-state index contributed by atoms with van der Waals surface area (Å²) >= 11 is 1.66. The van der Waals surface area contributed by atoms with E-state index < -0.39 is 11.0 Å². The van der Waals surface area contributed by atoms with E-state index in [1.807, 2.05) is 42.6 Å². The predicted octanol–water partition coefficient (Wildman–Crippen LogP) is 4.64. The van der Waals surface area contributed by atoms with Crippen molar-refractivity contribution >= 4 is 28.8 Å². The van der Waals surface area contributed by atoms with Gasteiger partial charge in [-0.15, -0.1) is 11.3 Å². The molecule has 41 heavy (non-hydrogen) atoms. The Morgan fingerprint density at radius 3 is 2.39 bits per heavy atom. The second-order valence-electron chi connectivity index (χ2n) is 11.3. The minimum absolute atomic E-state index is 0.0506. The Kier molecular flexibility index (Phi) is 9.12. The van der Waals surface area contributed by atoms with Gasteiger partial charge in [0, 0.05) is 60.3 Å². The lowest BCUT2D eigenvalue weighted by molar-refractivity contribution is -0.384. The summed E-state index contributed by atoms with van der Waals surface area (Å²) in [6.07, 6.45) is 3.97. The number of carbonyl (C=O) groups excluding carboxylic acids is 2. The van der Waals surface area contributed by atoms with Crippen molar-refractivity contribution in [1.29, 1.82) is 0 Å². The number of amides is 2. The monoisotopic (exact) mass is 575 g/mol. The molecule has 2 atom stereocenters. The van der Waals surface area contributed by atoms with Gasteiger partial charge in [-0.1, -0.05) is 35.9 Å². The van der Waals surface area contributed by atoms with Gasteiger partial charge in [-0.05, 0) is 68.2 Å². The topological polar surface area (TPSA) is 122 Å². The summed E-state index contributed by atoms with van der Waals surface area (Å²) in [6.45, 7) is 3.59. The molecule has 5 rings (SSSR count). The summed E-state index contributed by atoms with van der Waals surface area (Å²) in [4.78, 5) is 43.5. The van der Waals surface area contributed by atoms with E-state index in [4.69, 9.17) is 5.73 Å². The molecule has 2 aliphatic rings. The van der Waals surface area contributed by atoms with E-state index in [2.05, 4.69) is 16.3 Å². The molecule has 2 aromatic carbocycles. The van der Waals surface area contributed by atoms with Gasteiger partial charge >= 0.3 is 0 Å². The number of carbonyl (C=O) groups is 2. The number of nitrogens with zero attached hydrogens (tertiary/aromatic N) is 3. The SMILES string of the molecule is Cc1ccc(C(=O)N2CC(N(Cc3ccc([N+](=O)[O-])cc3)Cc3cccs3)CC2C(=O)NC2CCC(N)CC2)cc1. The number of nitrogens with two attached hydrogens (primary N) is 1. The summed E-state index contributed by atoms with van der Waals surface area (Å²) in [6, 6.07) is 17.8. The van der Waals surface area contributed by atoms with Crippen LogP contribution in [-0.2, 0) is 17.9 Å². The van der Waals surface area contributed by atoms with Crippen molar-refractivity contribution in [3.8, 4) is 0 Å². The normalized spacial score (nSPS) is 22.6. The fraction of sp³-hybridized carbons (Fsp3) is 0.419. The molecule has 2 unspecified atom stereocenters. The molecule has 216 valence electrons. The number of nitro benzene ring substituents is 1. The summed E-state index contributed by atoms with van der Waals surface area (Å²) in [5.74, 6) is -0.260. The second kappa shape index (κ2) is 12.9. The molecule has 10 heteroatoms. The van der Waals surface area contributed by atoms with Crippen molar-refractivity contribution in [3.05, 3.63) is 97.7 Å². The van der Waals surface area contributed by atoms with E-state index in [-0.39, 0.29) is 35.6 Å². The van der Waals surface area contributed by atoms with Crippen LogP contribution >= 0.6 is 11.3 Å². The molecule has 3 aromatic rings. The molecule has 2 amide bonds. The highest BCUT2D eigenvalue weighted by Crippen LogP contribution is 2.29. The third-order valence-corrected chi connectivity index (χ3v) is 9.11. The van der Waals surface area contributed by atoms with Crippen molar-refractivity contribution in [1.82, 2.24) is 15.1 Å². The molecule has 0 bridgehead atoms. The van der Waals surface area contributed by atoms with E-state index >= 15 is 0 Å². The van der Waals surface area contributed by atoms with Crippen LogP contribution in [0.4, 0.5) is 5.69 Å². The molecule has 1 saturated heterocycles. The Bertz CT molecular complexity index is 1340. The van der Waals surface area contributed by atoms with Crippen LogP contribution in [0.1, 0.15) is 58.5 Å². The largest absolute Gasteiger partial charge is 0.352 e. The third-order valence-electron chi connectivity index (χ3n) is 8.25. The first-order chi connectivity index (χ1) is 19.8. The number of nitro groups is 1. The number of likely N-dealkylation sites (tertiary alicyclic amines) is 1. The van der Waals surface area contributed by atoms with Crippen LogP contribution in [0.5, 0.6) is 0 Å². The lowest BCUT2D eigenvalue weighted by Gasteiger charge is -2.30. The van der Waals surface area contributed by atoms with Gasteiger partial charge in [-0.25, -0.2) is 0 Å².